The van der Waals surface area contributed by atoms with E-state index in [-0.39, 0.29) is 35.1 Å². The summed E-state index contributed by atoms with van der Waals surface area (Å²) in [4.78, 5) is 117. The van der Waals surface area contributed by atoms with Crippen LogP contribution in [0.5, 0.6) is 0 Å². The number of amides is 6. The van der Waals surface area contributed by atoms with Crippen LogP contribution in [0.25, 0.3) is 77.5 Å². The molecule has 28 nitrogen and oxygen atoms in total. The Bertz CT molecular complexity index is 5890. The van der Waals surface area contributed by atoms with E-state index in [4.69, 9.17) is 23.9 Å². The van der Waals surface area contributed by atoms with Gasteiger partial charge in [0.15, 0.2) is 11.5 Å². The molecule has 13 aromatic rings. The van der Waals surface area contributed by atoms with Gasteiger partial charge in [0.25, 0.3) is 29.5 Å². The van der Waals surface area contributed by atoms with Crippen molar-refractivity contribution in [2.75, 3.05) is 58.9 Å². The van der Waals surface area contributed by atoms with Gasteiger partial charge in [0.05, 0.1) is 69.2 Å². The summed E-state index contributed by atoms with van der Waals surface area (Å²) in [6, 6.07) is 29.2. The van der Waals surface area contributed by atoms with Crippen molar-refractivity contribution >= 4 is 96.7 Å². The molecule has 0 aliphatic carbocycles. The Morgan fingerprint density at radius 3 is 1.53 bits per heavy atom. The van der Waals surface area contributed by atoms with Crippen LogP contribution in [-0.2, 0) is 6.42 Å². The Morgan fingerprint density at radius 1 is 0.521 bits per heavy atom. The number of nitrogens with one attached hydrogen (secondary N) is 1. The molecule has 17 rings (SSSR count). The number of likely N-dealkylation sites (tertiary alicyclic amines) is 4. The largest absolute Gasteiger partial charge is 0.366 e. The van der Waals surface area contributed by atoms with Gasteiger partial charge < -0.3 is 35.2 Å². The van der Waals surface area contributed by atoms with Crippen LogP contribution in [0.2, 0.25) is 5.02 Å². The van der Waals surface area contributed by atoms with E-state index in [1.165, 1.54) is 23.4 Å². The van der Waals surface area contributed by atoms with Gasteiger partial charge in [-0.3, -0.25) is 47.5 Å². The van der Waals surface area contributed by atoms with Crippen molar-refractivity contribution in [2.45, 2.75) is 116 Å². The summed E-state index contributed by atoms with van der Waals surface area (Å²) in [7, 11) is 0. The lowest BCUT2D eigenvalue weighted by molar-refractivity contribution is 0.0493. The van der Waals surface area contributed by atoms with Gasteiger partial charge in [0, 0.05) is 148 Å². The third kappa shape index (κ3) is 18.2. The van der Waals surface area contributed by atoms with E-state index in [1.54, 1.807) is 124 Å². The molecule has 0 atom stereocenters. The summed E-state index contributed by atoms with van der Waals surface area (Å²) in [6.07, 6.45) is 24.7. The summed E-state index contributed by atoms with van der Waals surface area (Å²) in [6.45, 7) is 22.4. The molecule has 4 fully saturated rings. The molecular formula is C85H86ClF3N22O6. The van der Waals surface area contributed by atoms with E-state index in [0.717, 1.165) is 53.3 Å². The lowest BCUT2D eigenvalue weighted by Gasteiger charge is -2.34. The highest BCUT2D eigenvalue weighted by Crippen LogP contribution is 2.34. The fourth-order valence-corrected chi connectivity index (χ4v) is 14.5. The van der Waals surface area contributed by atoms with Crippen molar-refractivity contribution in [3.63, 3.8) is 0 Å². The highest BCUT2D eigenvalue weighted by atomic mass is 35.5. The molecule has 32 heteroatoms. The zero-order valence-corrected chi connectivity index (χ0v) is 66.2. The van der Waals surface area contributed by atoms with Gasteiger partial charge in [-0.2, -0.15) is 0 Å². The second kappa shape index (κ2) is 34.1. The average Bonchev–Trinajstić information content (AvgIpc) is 1.66. The number of benzene rings is 1. The maximum absolute atomic E-state index is 14.1. The second-order valence-corrected chi connectivity index (χ2v) is 30.8. The molecule has 117 heavy (non-hydrogen) atoms. The molecule has 0 radical (unpaired) electrons. The fraction of sp³-hybridized carbons (Fsp3) is 0.329. The molecule has 4 aliphatic rings. The molecule has 600 valence electrons. The van der Waals surface area contributed by atoms with E-state index >= 15 is 0 Å². The lowest BCUT2D eigenvalue weighted by atomic mass is 9.95. The number of alkyl halides is 3. The minimum absolute atomic E-state index is 0.0213. The molecule has 0 unspecified atom stereocenters. The fourth-order valence-electron chi connectivity index (χ4n) is 14.3. The van der Waals surface area contributed by atoms with Crippen LogP contribution >= 0.6 is 11.6 Å². The van der Waals surface area contributed by atoms with Gasteiger partial charge in [0.2, 0.25) is 5.91 Å². The summed E-state index contributed by atoms with van der Waals surface area (Å²) in [5, 5.41) is 18.7. The van der Waals surface area contributed by atoms with Crippen LogP contribution in [0, 0.1) is 12.5 Å². The first-order valence-corrected chi connectivity index (χ1v) is 39.1. The van der Waals surface area contributed by atoms with Gasteiger partial charge in [-0.1, -0.05) is 37.6 Å². The minimum atomic E-state index is -1.23. The molecule has 1 aromatic carbocycles. The van der Waals surface area contributed by atoms with Crippen LogP contribution < -0.4 is 11.1 Å². The van der Waals surface area contributed by atoms with Crippen molar-refractivity contribution in [3.05, 3.63) is 227 Å². The number of aryl methyl sites for hydroxylation is 1. The van der Waals surface area contributed by atoms with Gasteiger partial charge >= 0.3 is 0 Å². The molecule has 4 aliphatic heterocycles. The Balaban J connectivity index is 0.000000129. The number of tetrazole rings is 1. The first-order valence-electron chi connectivity index (χ1n) is 38.8. The van der Waals surface area contributed by atoms with Crippen LogP contribution in [0.15, 0.2) is 171 Å². The number of hydrogen-bond donors (Lipinski definition) is 2. The zero-order valence-electron chi connectivity index (χ0n) is 65.5. The van der Waals surface area contributed by atoms with Crippen molar-refractivity contribution < 1.29 is 41.9 Å². The molecule has 3 N–H and O–H groups in total. The number of pyridine rings is 7. The number of nitrogens with zero attached hydrogens (tertiary/aromatic N) is 20. The summed E-state index contributed by atoms with van der Waals surface area (Å²) >= 11 is 6.38. The van der Waals surface area contributed by atoms with E-state index in [2.05, 4.69) is 67.4 Å². The monoisotopic (exact) mass is 1600 g/mol. The number of piperidine rings is 4. The van der Waals surface area contributed by atoms with Gasteiger partial charge in [-0.05, 0) is 175 Å². The number of carbonyl (C=O) groups is 6. The number of fused-ring (bicyclic) bond motifs is 4. The maximum atomic E-state index is 14.1. The third-order valence-electron chi connectivity index (χ3n) is 21.7. The molecule has 4 saturated heterocycles. The Kier molecular flexibility index (Phi) is 23.5. The Morgan fingerprint density at radius 2 is 1.03 bits per heavy atom. The van der Waals surface area contributed by atoms with Crippen LogP contribution in [0.4, 0.5) is 18.9 Å². The first-order chi connectivity index (χ1) is 56.2. The molecular weight excluding hydrogens is 1520 g/mol. The van der Waals surface area contributed by atoms with E-state index in [9.17, 15) is 41.9 Å². The summed E-state index contributed by atoms with van der Waals surface area (Å²) < 4.78 is 49.4. The maximum Gasteiger partial charge on any atom is 0.272 e. The molecule has 0 saturated carbocycles. The summed E-state index contributed by atoms with van der Waals surface area (Å²) in [5.41, 5.74) is 10.1. The van der Waals surface area contributed by atoms with Crippen LogP contribution in [0.3, 0.4) is 0 Å². The van der Waals surface area contributed by atoms with E-state index < -0.39 is 22.9 Å². The highest BCUT2D eigenvalue weighted by molar-refractivity contribution is 6.35. The topological polar surface area (TPSA) is 311 Å². The molecule has 0 spiro atoms. The predicted molar refractivity (Wildman–Crippen MR) is 436 cm³/mol. The number of nitrogens with two attached hydrogens (primary N) is 1. The number of rotatable bonds is 13. The van der Waals surface area contributed by atoms with Gasteiger partial charge in [-0.15, -0.1) is 15.0 Å². The quantitative estimate of drug-likeness (QED) is 0.101. The number of carbonyl (C=O) groups excluding carboxylic acids is 6. The third-order valence-corrected chi connectivity index (χ3v) is 22.0. The average molecular weight is 1600 g/mol. The highest BCUT2D eigenvalue weighted by Gasteiger charge is 2.35. The SMILES string of the molecule is CC1(F)CCN(C(=O)c2cnc3c(c2)c(Cl)cn3-c2cncc(C(N)=O)c2)CC1.CCNC(=O)c1ccc(-n2ccc3cc(C(=O)N4CCC(C)(F)CC4)cnc32)nc1.CCc1nnn(-c2ccc(-n3ccc4cc(C(=O)N5CCC(C)(F)CC5)cnc43)nc2)n1.[C-]#[N+]c1ccc(-n2ccc3cc(C(=O)N4CCC(C)CC4)ncc32)cc1. The first kappa shape index (κ1) is 80.5. The number of aromatic nitrogens is 15. The lowest BCUT2D eigenvalue weighted by Crippen LogP contribution is -2.43. The van der Waals surface area contributed by atoms with E-state index in [0.29, 0.717) is 186 Å². The van der Waals surface area contributed by atoms with Crippen molar-refractivity contribution in [1.82, 2.24) is 98.3 Å². The molecule has 0 bridgehead atoms. The smallest absolute Gasteiger partial charge is 0.272 e. The predicted octanol–water partition coefficient (Wildman–Crippen LogP) is 13.6. The van der Waals surface area contributed by atoms with E-state index in [1.807, 2.05) is 101 Å². The molecule has 12 aromatic heterocycles. The minimum Gasteiger partial charge on any atom is -0.366 e. The molecule has 16 heterocycles. The standard InChI is InChI=1S/C22H23FN8O.C22H24FN5O2.C21H20N4O.C20H19ClFN5O2/c1-3-18-26-28-31(27-18)17-4-5-19(24-14-17)30-9-6-15-12-16(13-25-20(15)30)21(32)29-10-7-22(2,23)8-11-29;1-3-24-20(29)16-4-5-18(25-13-16)28-9-6-15-12-17(14-26-19(15)28)21(30)27-10-7-22(2,23)8-11-27;1-15-7-10-24(11-8-15)21(26)19-13-16-9-12-25(20(16)14-23-19)18-5-3-17(22-2)4-6-18;1-20(22)2-4-26(5-3-20)19(29)13-7-15-16(21)11-27(18(15)25-9-13)14-6-12(17(23)28)8-24-10-14/h4-6,9,12-14H,3,7-8,10-11H2,1-2H3;4-6,9,12-14H,3,7-8,10-11H2,1-2H3,(H,24,29);3-6,9,12-15H,7-8,10-11H2,1H3;6-11H,2-5H2,1H3,(H2,23,28). The van der Waals surface area contributed by atoms with Crippen molar-refractivity contribution in [3.8, 4) is 28.7 Å². The second-order valence-electron chi connectivity index (χ2n) is 30.4. The molecule has 6 amide bonds. The van der Waals surface area contributed by atoms with Gasteiger partial charge in [0.1, 0.15) is 57.0 Å². The number of hydrogen-bond acceptors (Lipinski definition) is 16. The Labute approximate surface area is 676 Å². The zero-order chi connectivity index (χ0) is 82.5. The van der Waals surface area contributed by atoms with Crippen LogP contribution in [0.1, 0.15) is 161 Å². The number of halogens is 4. The normalized spacial score (nSPS) is 15.8. The number of primary amides is 1. The van der Waals surface area contributed by atoms with Crippen LogP contribution in [-0.4, -0.2) is 204 Å². The van der Waals surface area contributed by atoms with Crippen molar-refractivity contribution in [1.29, 1.82) is 0 Å². The Hall–Kier alpha value is -13.1. The summed E-state index contributed by atoms with van der Waals surface area (Å²) in [5.74, 6) is 1.50. The van der Waals surface area contributed by atoms with Gasteiger partial charge in [-0.25, -0.2) is 47.9 Å². The van der Waals surface area contributed by atoms with Crippen molar-refractivity contribution in [2.24, 2.45) is 11.7 Å².